The molecule has 1 amide bonds. The van der Waals surface area contributed by atoms with Crippen molar-refractivity contribution in [3.05, 3.63) is 35.9 Å². The number of carbonyl (C=O) groups is 1. The molecule has 2 rings (SSSR count). The van der Waals surface area contributed by atoms with E-state index in [-0.39, 0.29) is 18.1 Å². The molecule has 2 atom stereocenters. The highest BCUT2D eigenvalue weighted by Crippen LogP contribution is 2.11. The van der Waals surface area contributed by atoms with Gasteiger partial charge in [-0.15, -0.1) is 0 Å². The smallest absolute Gasteiger partial charge is 0.234 e. The molecule has 1 aromatic rings. The quantitative estimate of drug-likeness (QED) is 0.896. The molecular formula is C15H22N2O2. The van der Waals surface area contributed by atoms with Crippen molar-refractivity contribution in [2.45, 2.75) is 26.0 Å². The van der Waals surface area contributed by atoms with Gasteiger partial charge in [0.15, 0.2) is 0 Å². The highest BCUT2D eigenvalue weighted by atomic mass is 16.5. The molecule has 1 fully saturated rings. The van der Waals surface area contributed by atoms with Crippen LogP contribution in [0.25, 0.3) is 0 Å². The van der Waals surface area contributed by atoms with E-state index >= 15 is 0 Å². The Morgan fingerprint density at radius 3 is 2.89 bits per heavy atom. The number of nitrogens with one attached hydrogen (secondary N) is 1. The lowest BCUT2D eigenvalue weighted by molar-refractivity contribution is -0.124. The summed E-state index contributed by atoms with van der Waals surface area (Å²) in [5.74, 6) is 0.0745. The molecular weight excluding hydrogens is 240 g/mol. The first kappa shape index (κ1) is 14.0. The van der Waals surface area contributed by atoms with Crippen LogP contribution in [0.1, 0.15) is 25.5 Å². The molecule has 4 heteroatoms. The Morgan fingerprint density at radius 2 is 2.21 bits per heavy atom. The first-order valence-electron chi connectivity index (χ1n) is 6.83. The molecule has 0 unspecified atom stereocenters. The van der Waals surface area contributed by atoms with Crippen LogP contribution >= 0.6 is 0 Å². The van der Waals surface area contributed by atoms with E-state index in [1.807, 2.05) is 44.2 Å². The second-order valence-electron chi connectivity index (χ2n) is 5.12. The summed E-state index contributed by atoms with van der Waals surface area (Å²) in [4.78, 5) is 14.1. The van der Waals surface area contributed by atoms with Gasteiger partial charge in [-0.1, -0.05) is 30.3 Å². The van der Waals surface area contributed by atoms with Gasteiger partial charge in [0.25, 0.3) is 0 Å². The lowest BCUT2D eigenvalue weighted by atomic mass is 10.1. The van der Waals surface area contributed by atoms with Gasteiger partial charge in [0.1, 0.15) is 0 Å². The maximum atomic E-state index is 12.0. The standard InChI is InChI=1S/C15H22N2O2/c1-12-10-17(8-9-19-12)11-15(18)16-13(2)14-6-4-3-5-7-14/h3-7,12-13H,8-11H2,1-2H3,(H,16,18)/t12-,13+/m1/s1. The lowest BCUT2D eigenvalue weighted by Gasteiger charge is -2.30. The summed E-state index contributed by atoms with van der Waals surface area (Å²) < 4.78 is 5.47. The molecule has 19 heavy (non-hydrogen) atoms. The molecule has 0 spiro atoms. The Labute approximate surface area is 114 Å². The maximum absolute atomic E-state index is 12.0. The number of morpholine rings is 1. The van der Waals surface area contributed by atoms with Crippen LogP contribution in [0.2, 0.25) is 0 Å². The van der Waals surface area contributed by atoms with Crippen molar-refractivity contribution in [2.75, 3.05) is 26.2 Å². The Hall–Kier alpha value is -1.39. The molecule has 0 saturated carbocycles. The van der Waals surface area contributed by atoms with Gasteiger partial charge in [-0.3, -0.25) is 9.69 Å². The highest BCUT2D eigenvalue weighted by molar-refractivity contribution is 5.78. The Balaban J connectivity index is 1.81. The monoisotopic (exact) mass is 262 g/mol. The van der Waals surface area contributed by atoms with Gasteiger partial charge in [-0.2, -0.15) is 0 Å². The largest absolute Gasteiger partial charge is 0.376 e. The van der Waals surface area contributed by atoms with E-state index in [9.17, 15) is 4.79 Å². The summed E-state index contributed by atoms with van der Waals surface area (Å²) in [6.07, 6.45) is 0.216. The number of hydrogen-bond acceptors (Lipinski definition) is 3. The number of hydrogen-bond donors (Lipinski definition) is 1. The molecule has 1 aliphatic heterocycles. The summed E-state index contributed by atoms with van der Waals surface area (Å²) in [6, 6.07) is 10.1. The molecule has 1 saturated heterocycles. The van der Waals surface area contributed by atoms with E-state index < -0.39 is 0 Å². The van der Waals surface area contributed by atoms with E-state index in [4.69, 9.17) is 4.74 Å². The molecule has 0 aliphatic carbocycles. The van der Waals surface area contributed by atoms with Crippen LogP contribution < -0.4 is 5.32 Å². The van der Waals surface area contributed by atoms with Crippen LogP contribution in [0, 0.1) is 0 Å². The van der Waals surface area contributed by atoms with Crippen molar-refractivity contribution in [2.24, 2.45) is 0 Å². The third-order valence-corrected chi connectivity index (χ3v) is 3.37. The lowest BCUT2D eigenvalue weighted by Crippen LogP contribution is -2.46. The molecule has 0 aromatic heterocycles. The number of rotatable bonds is 4. The second-order valence-corrected chi connectivity index (χ2v) is 5.12. The van der Waals surface area contributed by atoms with Crippen LogP contribution in [0.4, 0.5) is 0 Å². The molecule has 4 nitrogen and oxygen atoms in total. The van der Waals surface area contributed by atoms with Gasteiger partial charge >= 0.3 is 0 Å². The van der Waals surface area contributed by atoms with Gasteiger partial charge in [0.2, 0.25) is 5.91 Å². The number of ether oxygens (including phenoxy) is 1. The molecule has 0 radical (unpaired) electrons. The third kappa shape index (κ3) is 4.33. The predicted molar refractivity (Wildman–Crippen MR) is 74.9 cm³/mol. The van der Waals surface area contributed by atoms with Crippen LogP contribution in [-0.2, 0) is 9.53 Å². The van der Waals surface area contributed by atoms with E-state index in [1.165, 1.54) is 0 Å². The van der Waals surface area contributed by atoms with Crippen LogP contribution in [0.3, 0.4) is 0 Å². The fourth-order valence-corrected chi connectivity index (χ4v) is 2.35. The maximum Gasteiger partial charge on any atom is 0.234 e. The zero-order valence-corrected chi connectivity index (χ0v) is 11.6. The summed E-state index contributed by atoms with van der Waals surface area (Å²) >= 11 is 0. The van der Waals surface area contributed by atoms with Crippen molar-refractivity contribution in [3.63, 3.8) is 0 Å². The highest BCUT2D eigenvalue weighted by Gasteiger charge is 2.19. The van der Waals surface area contributed by atoms with E-state index in [0.29, 0.717) is 13.2 Å². The number of carbonyl (C=O) groups excluding carboxylic acids is 1. The minimum absolute atomic E-state index is 0.0483. The van der Waals surface area contributed by atoms with Crippen LogP contribution in [0.5, 0.6) is 0 Å². The predicted octanol–water partition coefficient (Wildman–Crippen LogP) is 1.58. The average molecular weight is 262 g/mol. The third-order valence-electron chi connectivity index (χ3n) is 3.37. The Bertz CT molecular complexity index is 408. The van der Waals surface area contributed by atoms with Crippen molar-refractivity contribution >= 4 is 5.91 Å². The van der Waals surface area contributed by atoms with Crippen molar-refractivity contribution < 1.29 is 9.53 Å². The van der Waals surface area contributed by atoms with Gasteiger partial charge in [-0.25, -0.2) is 0 Å². The van der Waals surface area contributed by atoms with Crippen LogP contribution in [-0.4, -0.2) is 43.2 Å². The number of nitrogens with zero attached hydrogens (tertiary/aromatic N) is 1. The summed E-state index contributed by atoms with van der Waals surface area (Å²) in [5.41, 5.74) is 1.13. The van der Waals surface area contributed by atoms with Gasteiger partial charge in [0.05, 0.1) is 25.3 Å². The fraction of sp³-hybridized carbons (Fsp3) is 0.533. The SMILES string of the molecule is C[C@@H]1CN(CC(=O)N[C@@H](C)c2ccccc2)CCO1. The van der Waals surface area contributed by atoms with E-state index in [0.717, 1.165) is 18.7 Å². The Kier molecular flexibility index (Phi) is 4.93. The average Bonchev–Trinajstić information content (AvgIpc) is 2.39. The molecule has 1 aliphatic rings. The minimum atomic E-state index is 0.0483. The van der Waals surface area contributed by atoms with Crippen molar-refractivity contribution in [1.82, 2.24) is 10.2 Å². The zero-order valence-electron chi connectivity index (χ0n) is 11.6. The minimum Gasteiger partial charge on any atom is -0.376 e. The van der Waals surface area contributed by atoms with E-state index in [1.54, 1.807) is 0 Å². The molecule has 1 heterocycles. The topological polar surface area (TPSA) is 41.6 Å². The summed E-state index contributed by atoms with van der Waals surface area (Å²) in [5, 5.41) is 3.04. The van der Waals surface area contributed by atoms with Gasteiger partial charge < -0.3 is 10.1 Å². The van der Waals surface area contributed by atoms with Crippen molar-refractivity contribution in [1.29, 1.82) is 0 Å². The first-order valence-corrected chi connectivity index (χ1v) is 6.83. The first-order chi connectivity index (χ1) is 9.15. The van der Waals surface area contributed by atoms with Gasteiger partial charge in [0, 0.05) is 13.1 Å². The summed E-state index contributed by atoms with van der Waals surface area (Å²) in [6.45, 7) is 6.87. The number of amides is 1. The molecule has 1 aromatic carbocycles. The van der Waals surface area contributed by atoms with Crippen LogP contribution in [0.15, 0.2) is 30.3 Å². The van der Waals surface area contributed by atoms with Crippen molar-refractivity contribution in [3.8, 4) is 0 Å². The molecule has 0 bridgehead atoms. The Morgan fingerprint density at radius 1 is 1.47 bits per heavy atom. The normalized spacial score (nSPS) is 21.9. The zero-order chi connectivity index (χ0) is 13.7. The van der Waals surface area contributed by atoms with E-state index in [2.05, 4.69) is 10.2 Å². The molecule has 1 N–H and O–H groups in total. The fourth-order valence-electron chi connectivity index (χ4n) is 2.35. The second kappa shape index (κ2) is 6.68. The summed E-state index contributed by atoms with van der Waals surface area (Å²) in [7, 11) is 0. The molecule has 104 valence electrons. The van der Waals surface area contributed by atoms with Gasteiger partial charge in [-0.05, 0) is 19.4 Å². The number of benzene rings is 1.